The third-order valence-electron chi connectivity index (χ3n) is 4.93. The van der Waals surface area contributed by atoms with E-state index in [2.05, 4.69) is 15.5 Å². The highest BCUT2D eigenvalue weighted by atomic mass is 35.5. The van der Waals surface area contributed by atoms with E-state index in [1.54, 1.807) is 6.07 Å². The molecule has 0 saturated heterocycles. The van der Waals surface area contributed by atoms with Gasteiger partial charge in [-0.2, -0.15) is 10.2 Å². The first-order chi connectivity index (χ1) is 14.8. The third-order valence-corrected chi connectivity index (χ3v) is 5.22. The summed E-state index contributed by atoms with van der Waals surface area (Å²) in [5.74, 6) is -0.935. The van der Waals surface area contributed by atoms with E-state index in [0.717, 1.165) is 21.4 Å². The fourth-order valence-corrected chi connectivity index (χ4v) is 3.44. The lowest BCUT2D eigenvalue weighted by molar-refractivity contribution is -0.122. The summed E-state index contributed by atoms with van der Waals surface area (Å²) in [7, 11) is 0. The van der Waals surface area contributed by atoms with Crippen LogP contribution in [0, 0.1) is 19.7 Å². The molecule has 0 aliphatic heterocycles. The lowest BCUT2D eigenvalue weighted by atomic mass is 10.0. The maximum atomic E-state index is 13.2. The maximum absolute atomic E-state index is 13.2. The van der Waals surface area contributed by atoms with Gasteiger partial charge in [0.2, 0.25) is 5.91 Å². The molecule has 0 saturated carbocycles. The van der Waals surface area contributed by atoms with Gasteiger partial charge in [0.1, 0.15) is 24.2 Å². The van der Waals surface area contributed by atoms with Crippen molar-refractivity contribution in [2.75, 3.05) is 0 Å². The smallest absolute Gasteiger partial charge is 0.293 e. The number of carbonyl (C=O) groups is 1. The second kappa shape index (κ2) is 8.31. The van der Waals surface area contributed by atoms with Crippen molar-refractivity contribution in [1.82, 2.24) is 24.7 Å². The van der Waals surface area contributed by atoms with Crippen molar-refractivity contribution in [3.63, 3.8) is 0 Å². The Kier molecular flexibility index (Phi) is 5.56. The molecule has 2 aromatic carbocycles. The second-order valence-corrected chi connectivity index (χ2v) is 7.70. The highest BCUT2D eigenvalue weighted by molar-refractivity contribution is 6.30. The topological polar surface area (TPSA) is 81.3 Å². The Balaban J connectivity index is 1.53. The van der Waals surface area contributed by atoms with E-state index in [9.17, 15) is 14.0 Å². The summed E-state index contributed by atoms with van der Waals surface area (Å²) in [6.07, 6.45) is 1.40. The molecule has 2 aromatic heterocycles. The number of amides is 1. The largest absolute Gasteiger partial charge is 0.350 e. The SMILES string of the molecule is Cc1ccc(C)c(-c2cc3c(=O)n(CC(=O)NCc4ccc(F)c(Cl)c4)ncn3n2)c1. The molecule has 9 heteroatoms. The standard InChI is InChI=1S/C22H19ClFN5O2/c1-13-3-4-14(2)16(7-13)19-9-20-22(31)28(26-12-29(20)27-19)11-21(30)25-10-15-5-6-18(24)17(23)8-15/h3-9,12H,10-11H2,1-2H3,(H,25,30). The fraction of sp³-hybridized carbons (Fsp3) is 0.182. The number of fused-ring (bicyclic) bond motifs is 1. The molecule has 0 atom stereocenters. The predicted octanol–water partition coefficient (Wildman–Crippen LogP) is 3.28. The zero-order valence-corrected chi connectivity index (χ0v) is 17.7. The summed E-state index contributed by atoms with van der Waals surface area (Å²) in [6.45, 7) is 3.87. The quantitative estimate of drug-likeness (QED) is 0.517. The molecule has 7 nitrogen and oxygen atoms in total. The Labute approximate surface area is 182 Å². The van der Waals surface area contributed by atoms with Gasteiger partial charge in [-0.25, -0.2) is 13.6 Å². The molecule has 4 rings (SSSR count). The van der Waals surface area contributed by atoms with Crippen molar-refractivity contribution in [2.24, 2.45) is 0 Å². The van der Waals surface area contributed by atoms with Gasteiger partial charge in [0, 0.05) is 12.1 Å². The Morgan fingerprint density at radius 2 is 1.97 bits per heavy atom. The minimum Gasteiger partial charge on any atom is -0.350 e. The van der Waals surface area contributed by atoms with Crippen LogP contribution in [0.2, 0.25) is 5.02 Å². The van der Waals surface area contributed by atoms with Gasteiger partial charge in [-0.3, -0.25) is 9.59 Å². The molecule has 0 unspecified atom stereocenters. The van der Waals surface area contributed by atoms with Crippen LogP contribution in [-0.2, 0) is 17.9 Å². The molecule has 0 aliphatic carbocycles. The molecule has 0 spiro atoms. The van der Waals surface area contributed by atoms with E-state index in [4.69, 9.17) is 11.6 Å². The van der Waals surface area contributed by atoms with Crippen LogP contribution < -0.4 is 10.9 Å². The summed E-state index contributed by atoms with van der Waals surface area (Å²) < 4.78 is 15.7. The zero-order chi connectivity index (χ0) is 22.1. The van der Waals surface area contributed by atoms with E-state index >= 15 is 0 Å². The normalized spacial score (nSPS) is 11.1. The number of rotatable bonds is 5. The van der Waals surface area contributed by atoms with Crippen molar-refractivity contribution in [1.29, 1.82) is 0 Å². The van der Waals surface area contributed by atoms with Crippen molar-refractivity contribution in [3.05, 3.63) is 86.7 Å². The average molecular weight is 440 g/mol. The number of carbonyl (C=O) groups excluding carboxylic acids is 1. The van der Waals surface area contributed by atoms with Crippen LogP contribution >= 0.6 is 11.6 Å². The highest BCUT2D eigenvalue weighted by Gasteiger charge is 2.13. The Morgan fingerprint density at radius 3 is 2.74 bits per heavy atom. The van der Waals surface area contributed by atoms with E-state index in [-0.39, 0.29) is 18.1 Å². The summed E-state index contributed by atoms with van der Waals surface area (Å²) in [4.78, 5) is 25.1. The molecule has 4 aromatic rings. The van der Waals surface area contributed by atoms with Gasteiger partial charge in [0.25, 0.3) is 5.56 Å². The molecular weight excluding hydrogens is 421 g/mol. The first kappa shape index (κ1) is 20.7. The number of benzene rings is 2. The highest BCUT2D eigenvalue weighted by Crippen LogP contribution is 2.23. The minimum absolute atomic E-state index is 0.0181. The van der Waals surface area contributed by atoms with Crippen molar-refractivity contribution in [3.8, 4) is 11.3 Å². The van der Waals surface area contributed by atoms with Crippen LogP contribution in [0.3, 0.4) is 0 Å². The van der Waals surface area contributed by atoms with Gasteiger partial charge in [0.05, 0.1) is 10.7 Å². The minimum atomic E-state index is -0.526. The zero-order valence-electron chi connectivity index (χ0n) is 16.9. The lowest BCUT2D eigenvalue weighted by Gasteiger charge is -2.07. The average Bonchev–Trinajstić information content (AvgIpc) is 3.18. The van der Waals surface area contributed by atoms with Gasteiger partial charge in [-0.15, -0.1) is 0 Å². The maximum Gasteiger partial charge on any atom is 0.293 e. The number of hydrogen-bond donors (Lipinski definition) is 1. The van der Waals surface area contributed by atoms with Crippen molar-refractivity contribution >= 4 is 23.0 Å². The summed E-state index contributed by atoms with van der Waals surface area (Å²) in [5, 5.41) is 11.2. The molecular formula is C22H19ClFN5O2. The van der Waals surface area contributed by atoms with Gasteiger partial charge in [-0.05, 0) is 49.2 Å². The third kappa shape index (κ3) is 4.34. The van der Waals surface area contributed by atoms with Crippen LogP contribution in [0.15, 0.2) is 53.6 Å². The van der Waals surface area contributed by atoms with Crippen LogP contribution in [0.4, 0.5) is 4.39 Å². The van der Waals surface area contributed by atoms with E-state index in [1.165, 1.54) is 29.0 Å². The summed E-state index contributed by atoms with van der Waals surface area (Å²) >= 11 is 5.75. The predicted molar refractivity (Wildman–Crippen MR) is 115 cm³/mol. The molecule has 0 bridgehead atoms. The molecule has 1 amide bonds. The molecule has 2 heterocycles. The lowest BCUT2D eigenvalue weighted by Crippen LogP contribution is -2.34. The first-order valence-corrected chi connectivity index (χ1v) is 9.93. The van der Waals surface area contributed by atoms with Crippen LogP contribution in [0.25, 0.3) is 16.8 Å². The number of nitrogens with one attached hydrogen (secondary N) is 1. The molecule has 0 aliphatic rings. The number of hydrogen-bond acceptors (Lipinski definition) is 4. The van der Waals surface area contributed by atoms with Gasteiger partial charge >= 0.3 is 0 Å². The van der Waals surface area contributed by atoms with Crippen molar-refractivity contribution in [2.45, 2.75) is 26.9 Å². The van der Waals surface area contributed by atoms with Crippen LogP contribution in [-0.4, -0.2) is 25.3 Å². The fourth-order valence-electron chi connectivity index (χ4n) is 3.24. The van der Waals surface area contributed by atoms with Gasteiger partial charge in [0.15, 0.2) is 0 Å². The Hall–Kier alpha value is -3.52. The molecule has 1 N–H and O–H groups in total. The number of aromatic nitrogens is 4. The molecule has 31 heavy (non-hydrogen) atoms. The van der Waals surface area contributed by atoms with E-state index in [1.807, 2.05) is 32.0 Å². The number of halogens is 2. The first-order valence-electron chi connectivity index (χ1n) is 9.55. The van der Waals surface area contributed by atoms with Crippen LogP contribution in [0.5, 0.6) is 0 Å². The van der Waals surface area contributed by atoms with E-state index < -0.39 is 17.3 Å². The van der Waals surface area contributed by atoms with Crippen LogP contribution in [0.1, 0.15) is 16.7 Å². The van der Waals surface area contributed by atoms with E-state index in [0.29, 0.717) is 16.8 Å². The second-order valence-electron chi connectivity index (χ2n) is 7.30. The monoisotopic (exact) mass is 439 g/mol. The number of nitrogens with zero attached hydrogens (tertiary/aromatic N) is 4. The Morgan fingerprint density at radius 1 is 1.16 bits per heavy atom. The Bertz CT molecular complexity index is 1360. The van der Waals surface area contributed by atoms with Crippen molar-refractivity contribution < 1.29 is 9.18 Å². The molecule has 158 valence electrons. The van der Waals surface area contributed by atoms with Gasteiger partial charge in [-0.1, -0.05) is 35.4 Å². The molecule has 0 radical (unpaired) electrons. The molecule has 0 fully saturated rings. The van der Waals surface area contributed by atoms with Gasteiger partial charge < -0.3 is 5.32 Å². The summed E-state index contributed by atoms with van der Waals surface area (Å²) in [5.41, 5.74) is 4.27. The summed E-state index contributed by atoms with van der Waals surface area (Å²) in [6, 6.07) is 11.9. The number of aryl methyl sites for hydroxylation is 2.